The van der Waals surface area contributed by atoms with Gasteiger partial charge in [0.25, 0.3) is 5.91 Å². The molecule has 1 amide bonds. The van der Waals surface area contributed by atoms with Crippen LogP contribution in [0.1, 0.15) is 47.6 Å². The molecular formula is C13H18N4OS. The summed E-state index contributed by atoms with van der Waals surface area (Å²) < 4.78 is 0. The first-order valence-electron chi connectivity index (χ1n) is 6.35. The summed E-state index contributed by atoms with van der Waals surface area (Å²) in [4.78, 5) is 19.3. The van der Waals surface area contributed by atoms with E-state index in [0.717, 1.165) is 23.5 Å². The minimum atomic E-state index is -0.153. The zero-order valence-corrected chi connectivity index (χ0v) is 12.2. The Kier molecular flexibility index (Phi) is 4.31. The van der Waals surface area contributed by atoms with Crippen LogP contribution in [-0.4, -0.2) is 33.0 Å². The van der Waals surface area contributed by atoms with E-state index < -0.39 is 0 Å². The van der Waals surface area contributed by atoms with Crippen molar-refractivity contribution >= 4 is 17.2 Å². The fourth-order valence-corrected chi connectivity index (χ4v) is 2.62. The van der Waals surface area contributed by atoms with Crippen LogP contribution in [-0.2, 0) is 6.42 Å². The molecule has 1 N–H and O–H groups in total. The Hall–Kier alpha value is -1.69. The molecule has 2 rings (SSSR count). The molecule has 2 aromatic rings. The predicted molar refractivity (Wildman–Crippen MR) is 75.2 cm³/mol. The molecule has 2 heterocycles. The third-order valence-corrected chi connectivity index (χ3v) is 4.11. The van der Waals surface area contributed by atoms with Crippen molar-refractivity contribution < 1.29 is 4.79 Å². The summed E-state index contributed by atoms with van der Waals surface area (Å²) in [6.45, 7) is 4.07. The lowest BCUT2D eigenvalue weighted by Gasteiger charge is -2.22. The summed E-state index contributed by atoms with van der Waals surface area (Å²) in [6.07, 6.45) is 1.79. The molecule has 0 radical (unpaired) electrons. The van der Waals surface area contributed by atoms with Crippen LogP contribution >= 0.6 is 11.3 Å². The van der Waals surface area contributed by atoms with Crippen LogP contribution < -0.4 is 0 Å². The lowest BCUT2D eigenvalue weighted by Crippen LogP contribution is -2.30. The first-order chi connectivity index (χ1) is 9.13. The van der Waals surface area contributed by atoms with Gasteiger partial charge in [-0.3, -0.25) is 9.89 Å². The Morgan fingerprint density at radius 1 is 1.58 bits per heavy atom. The SMILES string of the molecule is CCCc1nc(C(=O)N(C)C(C)c2cccs2)n[nH]1. The van der Waals surface area contributed by atoms with Crippen LogP contribution in [0.25, 0.3) is 0 Å². The van der Waals surface area contributed by atoms with Crippen molar-refractivity contribution in [2.45, 2.75) is 32.7 Å². The van der Waals surface area contributed by atoms with Crippen molar-refractivity contribution in [1.82, 2.24) is 20.1 Å². The summed E-state index contributed by atoms with van der Waals surface area (Å²) in [5.74, 6) is 0.858. The lowest BCUT2D eigenvalue weighted by atomic mass is 10.2. The van der Waals surface area contributed by atoms with Crippen LogP contribution in [0.15, 0.2) is 17.5 Å². The number of rotatable bonds is 5. The average molecular weight is 278 g/mol. The maximum Gasteiger partial charge on any atom is 0.293 e. The fourth-order valence-electron chi connectivity index (χ4n) is 1.79. The zero-order valence-electron chi connectivity index (χ0n) is 11.4. The first kappa shape index (κ1) is 13.7. The summed E-state index contributed by atoms with van der Waals surface area (Å²) in [7, 11) is 1.78. The molecule has 0 aliphatic rings. The molecule has 0 aromatic carbocycles. The predicted octanol–water partition coefficient (Wildman–Crippen LogP) is 2.65. The number of thiophene rings is 1. The Labute approximate surface area is 116 Å². The van der Waals surface area contributed by atoms with Crippen LogP contribution in [0.4, 0.5) is 0 Å². The van der Waals surface area contributed by atoms with Gasteiger partial charge in [-0.05, 0) is 24.8 Å². The molecule has 19 heavy (non-hydrogen) atoms. The summed E-state index contributed by atoms with van der Waals surface area (Å²) >= 11 is 1.64. The smallest absolute Gasteiger partial charge is 0.293 e. The number of carbonyl (C=O) groups is 1. The van der Waals surface area contributed by atoms with Gasteiger partial charge in [-0.15, -0.1) is 16.4 Å². The molecule has 1 unspecified atom stereocenters. The van der Waals surface area contributed by atoms with Gasteiger partial charge in [-0.25, -0.2) is 4.98 Å². The van der Waals surface area contributed by atoms with E-state index in [2.05, 4.69) is 22.1 Å². The molecule has 0 fully saturated rings. The molecule has 5 nitrogen and oxygen atoms in total. The van der Waals surface area contributed by atoms with Gasteiger partial charge < -0.3 is 4.90 Å². The minimum absolute atomic E-state index is 0.0284. The van der Waals surface area contributed by atoms with E-state index in [1.54, 1.807) is 23.3 Å². The van der Waals surface area contributed by atoms with Gasteiger partial charge in [0.05, 0.1) is 6.04 Å². The highest BCUT2D eigenvalue weighted by atomic mass is 32.1. The standard InChI is InChI=1S/C13H18N4OS/c1-4-6-11-14-12(16-15-11)13(18)17(3)9(2)10-7-5-8-19-10/h5,7-9H,4,6H2,1-3H3,(H,14,15,16). The maximum absolute atomic E-state index is 12.3. The number of nitrogens with one attached hydrogen (secondary N) is 1. The van der Waals surface area contributed by atoms with Crippen molar-refractivity contribution in [3.05, 3.63) is 34.0 Å². The number of aromatic amines is 1. The highest BCUT2D eigenvalue weighted by Crippen LogP contribution is 2.24. The Morgan fingerprint density at radius 3 is 3.00 bits per heavy atom. The largest absolute Gasteiger partial charge is 0.331 e. The molecule has 0 aliphatic carbocycles. The zero-order chi connectivity index (χ0) is 13.8. The second kappa shape index (κ2) is 5.97. The van der Waals surface area contributed by atoms with Crippen molar-refractivity contribution in [1.29, 1.82) is 0 Å². The van der Waals surface area contributed by atoms with E-state index in [1.165, 1.54) is 0 Å². The lowest BCUT2D eigenvalue weighted by molar-refractivity contribution is 0.0733. The van der Waals surface area contributed by atoms with Crippen LogP contribution in [0.2, 0.25) is 0 Å². The maximum atomic E-state index is 12.3. The number of aryl methyl sites for hydroxylation is 1. The van der Waals surface area contributed by atoms with Gasteiger partial charge in [0, 0.05) is 18.3 Å². The number of nitrogens with zero attached hydrogens (tertiary/aromatic N) is 3. The highest BCUT2D eigenvalue weighted by molar-refractivity contribution is 7.10. The van der Waals surface area contributed by atoms with Gasteiger partial charge in [-0.2, -0.15) is 0 Å². The summed E-state index contributed by atoms with van der Waals surface area (Å²) in [5, 5.41) is 8.82. The molecule has 0 saturated carbocycles. The molecule has 102 valence electrons. The quantitative estimate of drug-likeness (QED) is 0.914. The summed E-state index contributed by atoms with van der Waals surface area (Å²) in [6, 6.07) is 4.04. The van der Waals surface area contributed by atoms with E-state index in [-0.39, 0.29) is 17.8 Å². The Morgan fingerprint density at radius 2 is 2.37 bits per heavy atom. The van der Waals surface area contributed by atoms with E-state index in [1.807, 2.05) is 24.4 Å². The number of aromatic nitrogens is 3. The van der Waals surface area contributed by atoms with Crippen LogP contribution in [0.3, 0.4) is 0 Å². The van der Waals surface area contributed by atoms with Gasteiger partial charge >= 0.3 is 0 Å². The van der Waals surface area contributed by atoms with Gasteiger partial charge in [0.15, 0.2) is 0 Å². The number of amides is 1. The first-order valence-corrected chi connectivity index (χ1v) is 7.23. The fraction of sp³-hybridized carbons (Fsp3) is 0.462. The minimum Gasteiger partial charge on any atom is -0.331 e. The second-order valence-electron chi connectivity index (χ2n) is 4.46. The third kappa shape index (κ3) is 3.01. The molecule has 0 spiro atoms. The Bertz CT molecular complexity index is 535. The average Bonchev–Trinajstić information content (AvgIpc) is 3.07. The highest BCUT2D eigenvalue weighted by Gasteiger charge is 2.22. The molecular weight excluding hydrogens is 260 g/mol. The van der Waals surface area contributed by atoms with Crippen molar-refractivity contribution in [2.24, 2.45) is 0 Å². The van der Waals surface area contributed by atoms with Gasteiger partial charge in [0.2, 0.25) is 5.82 Å². The van der Waals surface area contributed by atoms with Crippen LogP contribution in [0, 0.1) is 0 Å². The van der Waals surface area contributed by atoms with E-state index in [4.69, 9.17) is 0 Å². The van der Waals surface area contributed by atoms with Gasteiger partial charge in [-0.1, -0.05) is 13.0 Å². The topological polar surface area (TPSA) is 61.9 Å². The number of hydrogen-bond donors (Lipinski definition) is 1. The molecule has 0 aliphatic heterocycles. The van der Waals surface area contributed by atoms with Crippen molar-refractivity contribution in [2.75, 3.05) is 7.05 Å². The summed E-state index contributed by atoms with van der Waals surface area (Å²) in [5.41, 5.74) is 0. The number of H-pyrrole nitrogens is 1. The normalized spacial score (nSPS) is 12.4. The van der Waals surface area contributed by atoms with E-state index in [9.17, 15) is 4.79 Å². The number of carbonyl (C=O) groups excluding carboxylic acids is 1. The van der Waals surface area contributed by atoms with Crippen LogP contribution in [0.5, 0.6) is 0 Å². The van der Waals surface area contributed by atoms with E-state index >= 15 is 0 Å². The Balaban J connectivity index is 2.09. The number of hydrogen-bond acceptors (Lipinski definition) is 4. The molecule has 0 bridgehead atoms. The third-order valence-electron chi connectivity index (χ3n) is 3.07. The second-order valence-corrected chi connectivity index (χ2v) is 5.44. The van der Waals surface area contributed by atoms with Crippen molar-refractivity contribution in [3.63, 3.8) is 0 Å². The van der Waals surface area contributed by atoms with Gasteiger partial charge in [0.1, 0.15) is 5.82 Å². The molecule has 0 saturated heterocycles. The van der Waals surface area contributed by atoms with E-state index in [0.29, 0.717) is 0 Å². The molecule has 2 aromatic heterocycles. The van der Waals surface area contributed by atoms with Crippen molar-refractivity contribution in [3.8, 4) is 0 Å². The molecule has 1 atom stereocenters. The molecule has 6 heteroatoms. The monoisotopic (exact) mass is 278 g/mol.